The molecule has 0 amide bonds. The average Bonchev–Trinajstić information content (AvgIpc) is 3.10. The molecule has 0 radical (unpaired) electrons. The summed E-state index contributed by atoms with van der Waals surface area (Å²) < 4.78 is 5.33. The molecule has 6 rings (SSSR count). The molecule has 1 fully saturated rings. The molecule has 0 heterocycles. The van der Waals surface area contributed by atoms with Crippen LogP contribution in [0.4, 0.5) is 0 Å². The van der Waals surface area contributed by atoms with E-state index in [0.29, 0.717) is 5.75 Å². The minimum atomic E-state index is -0.142. The number of hydrogen-bond acceptors (Lipinski definition) is 3. The molecular weight excluding hydrogens is 456 g/mol. The highest BCUT2D eigenvalue weighted by molar-refractivity contribution is 6.07. The van der Waals surface area contributed by atoms with Gasteiger partial charge in [0.05, 0.1) is 13.7 Å². The second-order valence-electron chi connectivity index (χ2n) is 12.7. The Bertz CT molecular complexity index is 1510. The number of aliphatic hydroxyl groups excluding tert-OH is 1. The lowest BCUT2D eigenvalue weighted by Crippen LogP contribution is -2.43. The maximum atomic E-state index is 11.5. The van der Waals surface area contributed by atoms with E-state index in [0.717, 1.165) is 46.1 Å². The van der Waals surface area contributed by atoms with Gasteiger partial charge in [-0.3, -0.25) is 0 Å². The van der Waals surface area contributed by atoms with Gasteiger partial charge in [0, 0.05) is 10.8 Å². The predicted molar refractivity (Wildman–Crippen MR) is 151 cm³/mol. The lowest BCUT2D eigenvalue weighted by molar-refractivity contribution is 0.0645. The van der Waals surface area contributed by atoms with Gasteiger partial charge in [-0.15, -0.1) is 0 Å². The van der Waals surface area contributed by atoms with Crippen LogP contribution in [0.5, 0.6) is 11.5 Å². The van der Waals surface area contributed by atoms with Gasteiger partial charge in [-0.25, -0.2) is 0 Å². The minimum absolute atomic E-state index is 0.0748. The lowest BCUT2D eigenvalue weighted by Gasteiger charge is -2.51. The number of benzene rings is 4. The summed E-state index contributed by atoms with van der Waals surface area (Å²) >= 11 is 0. The number of ether oxygens (including phenoxy) is 1. The first kappa shape index (κ1) is 24.1. The van der Waals surface area contributed by atoms with Crippen molar-refractivity contribution in [2.24, 2.45) is 10.8 Å². The molecule has 0 atom stereocenters. The van der Waals surface area contributed by atoms with Gasteiger partial charge in [-0.05, 0) is 105 Å². The van der Waals surface area contributed by atoms with Gasteiger partial charge in [0.25, 0.3) is 0 Å². The number of aromatic hydroxyl groups is 1. The van der Waals surface area contributed by atoms with E-state index < -0.39 is 0 Å². The molecule has 0 saturated heterocycles. The first-order valence-corrected chi connectivity index (χ1v) is 13.3. The van der Waals surface area contributed by atoms with Crippen LogP contribution in [0.25, 0.3) is 33.0 Å². The van der Waals surface area contributed by atoms with Gasteiger partial charge in [-0.2, -0.15) is 0 Å². The van der Waals surface area contributed by atoms with Crippen LogP contribution < -0.4 is 4.74 Å². The summed E-state index contributed by atoms with van der Waals surface area (Å²) in [5, 5.41) is 23.8. The highest BCUT2D eigenvalue weighted by Crippen LogP contribution is 2.64. The summed E-state index contributed by atoms with van der Waals surface area (Å²) in [5.41, 5.74) is 8.07. The van der Waals surface area contributed by atoms with Crippen LogP contribution in [-0.2, 0) is 12.0 Å². The van der Waals surface area contributed by atoms with Crippen molar-refractivity contribution in [1.29, 1.82) is 0 Å². The Hall–Kier alpha value is -3.30. The number of fused-ring (bicyclic) bond motifs is 7. The zero-order chi connectivity index (χ0) is 26.2. The van der Waals surface area contributed by atoms with E-state index in [-0.39, 0.29) is 22.9 Å². The molecule has 1 saturated carbocycles. The van der Waals surface area contributed by atoms with E-state index in [4.69, 9.17) is 4.74 Å². The fraction of sp³-hybridized carbons (Fsp3) is 0.353. The SMILES string of the molecule is COc1ccc(-c2cc3c(O)cc4c(c3cc2CO)-c2ccccc2C42CC(C)(C)CC(C)(C)C2)cc1. The van der Waals surface area contributed by atoms with Crippen molar-refractivity contribution in [1.82, 2.24) is 0 Å². The topological polar surface area (TPSA) is 49.7 Å². The fourth-order valence-electron chi connectivity index (χ4n) is 8.09. The third-order valence-corrected chi connectivity index (χ3v) is 8.66. The molecule has 0 unspecified atom stereocenters. The van der Waals surface area contributed by atoms with Crippen molar-refractivity contribution >= 4 is 10.8 Å². The molecule has 3 heteroatoms. The molecule has 1 spiro atoms. The molecular formula is C34H36O3. The Morgan fingerprint density at radius 3 is 2.08 bits per heavy atom. The highest BCUT2D eigenvalue weighted by Gasteiger charge is 2.53. The Balaban J connectivity index is 1.65. The second-order valence-corrected chi connectivity index (χ2v) is 12.7. The van der Waals surface area contributed by atoms with E-state index in [1.54, 1.807) is 7.11 Å². The van der Waals surface area contributed by atoms with Crippen LogP contribution in [0.3, 0.4) is 0 Å². The highest BCUT2D eigenvalue weighted by atomic mass is 16.5. The monoisotopic (exact) mass is 492 g/mol. The van der Waals surface area contributed by atoms with E-state index in [1.807, 2.05) is 36.4 Å². The molecule has 2 N–H and O–H groups in total. The molecule has 2 aliphatic rings. The zero-order valence-electron chi connectivity index (χ0n) is 22.5. The van der Waals surface area contributed by atoms with Gasteiger partial charge in [-0.1, -0.05) is 64.1 Å². The van der Waals surface area contributed by atoms with Gasteiger partial charge < -0.3 is 14.9 Å². The maximum absolute atomic E-state index is 11.5. The Morgan fingerprint density at radius 2 is 1.43 bits per heavy atom. The molecule has 0 aliphatic heterocycles. The third kappa shape index (κ3) is 3.67. The molecule has 3 nitrogen and oxygen atoms in total. The zero-order valence-corrected chi connectivity index (χ0v) is 22.5. The molecule has 2 aliphatic carbocycles. The van der Waals surface area contributed by atoms with Crippen LogP contribution in [0.1, 0.15) is 63.6 Å². The smallest absolute Gasteiger partial charge is 0.123 e. The fourth-order valence-corrected chi connectivity index (χ4v) is 8.09. The Labute approximate surface area is 219 Å². The summed E-state index contributed by atoms with van der Waals surface area (Å²) in [5.74, 6) is 1.09. The number of phenolic OH excluding ortho intramolecular Hbond substituents is 1. The van der Waals surface area contributed by atoms with E-state index in [1.165, 1.54) is 28.7 Å². The van der Waals surface area contributed by atoms with Crippen LogP contribution in [0.2, 0.25) is 0 Å². The van der Waals surface area contributed by atoms with Crippen LogP contribution >= 0.6 is 0 Å². The normalized spacial score (nSPS) is 18.5. The molecule has 4 aromatic carbocycles. The third-order valence-electron chi connectivity index (χ3n) is 8.66. The number of aliphatic hydroxyl groups is 1. The molecule has 190 valence electrons. The summed E-state index contributed by atoms with van der Waals surface area (Å²) in [4.78, 5) is 0. The molecule has 4 aromatic rings. The van der Waals surface area contributed by atoms with Crippen LogP contribution in [0.15, 0.2) is 66.7 Å². The van der Waals surface area contributed by atoms with Gasteiger partial charge >= 0.3 is 0 Å². The Morgan fingerprint density at radius 1 is 0.757 bits per heavy atom. The number of hydrogen-bond donors (Lipinski definition) is 2. The van der Waals surface area contributed by atoms with Gasteiger partial charge in [0.1, 0.15) is 11.5 Å². The number of phenols is 1. The van der Waals surface area contributed by atoms with E-state index in [2.05, 4.69) is 58.0 Å². The van der Waals surface area contributed by atoms with Crippen molar-refractivity contribution in [3.8, 4) is 33.8 Å². The summed E-state index contributed by atoms with van der Waals surface area (Å²) in [7, 11) is 1.65. The first-order valence-electron chi connectivity index (χ1n) is 13.3. The maximum Gasteiger partial charge on any atom is 0.123 e. The largest absolute Gasteiger partial charge is 0.507 e. The molecule has 0 aromatic heterocycles. The second kappa shape index (κ2) is 8.10. The first-order chi connectivity index (χ1) is 17.6. The van der Waals surface area contributed by atoms with Crippen molar-refractivity contribution in [2.75, 3.05) is 7.11 Å². The van der Waals surface area contributed by atoms with Crippen molar-refractivity contribution < 1.29 is 14.9 Å². The van der Waals surface area contributed by atoms with Crippen LogP contribution in [0, 0.1) is 10.8 Å². The summed E-state index contributed by atoms with van der Waals surface area (Å²) in [6, 6.07) is 22.9. The number of rotatable bonds is 3. The van der Waals surface area contributed by atoms with Gasteiger partial charge in [0.15, 0.2) is 0 Å². The van der Waals surface area contributed by atoms with Crippen LogP contribution in [-0.4, -0.2) is 17.3 Å². The average molecular weight is 493 g/mol. The number of methoxy groups -OCH3 is 1. The van der Waals surface area contributed by atoms with Crippen molar-refractivity contribution in [2.45, 2.75) is 59.0 Å². The summed E-state index contributed by atoms with van der Waals surface area (Å²) in [6.07, 6.45) is 3.28. The van der Waals surface area contributed by atoms with Crippen molar-refractivity contribution in [3.05, 3.63) is 83.4 Å². The quantitative estimate of drug-likeness (QED) is 0.303. The Kier molecular flexibility index (Phi) is 5.27. The van der Waals surface area contributed by atoms with E-state index in [9.17, 15) is 10.2 Å². The predicted octanol–water partition coefficient (Wildman–Crippen LogP) is 8.22. The summed E-state index contributed by atoms with van der Waals surface area (Å²) in [6.45, 7) is 9.49. The molecule has 37 heavy (non-hydrogen) atoms. The molecule has 0 bridgehead atoms. The van der Waals surface area contributed by atoms with Crippen molar-refractivity contribution in [3.63, 3.8) is 0 Å². The van der Waals surface area contributed by atoms with Gasteiger partial charge in [0.2, 0.25) is 0 Å². The van der Waals surface area contributed by atoms with E-state index >= 15 is 0 Å². The lowest BCUT2D eigenvalue weighted by atomic mass is 9.52. The standard InChI is InChI=1S/C34H36O3/c1-32(2)18-33(3,4)20-34(19-32)28-9-7-6-8-24(28)31-27-14-22(17-35)25(15-26(27)30(36)16-29(31)34)21-10-12-23(37-5)13-11-21/h6-16,35-36H,17-20H2,1-5H3. The minimum Gasteiger partial charge on any atom is -0.507 e.